The number of aromatic nitrogens is 1. The Morgan fingerprint density at radius 3 is 2.51 bits per heavy atom. The van der Waals surface area contributed by atoms with E-state index in [-0.39, 0.29) is 5.56 Å². The highest BCUT2D eigenvalue weighted by Gasteiger charge is 2.30. The smallest absolute Gasteiger partial charge is 0.322 e. The molecule has 0 unspecified atom stereocenters. The number of likely N-dealkylation sites (N-methyl/N-ethyl adjacent to an activating group) is 1. The van der Waals surface area contributed by atoms with Crippen molar-refractivity contribution in [1.82, 2.24) is 14.2 Å². The minimum atomic E-state index is -4.19. The SMILES string of the molecule is COC(=O)CS(=O)(=O)NC(=O)c1ccc2c(C3CCCCC3)c3n(c2c1)CCN(C)Cc1cc(OC)ccc1-3. The Hall–Kier alpha value is -3.37. The molecule has 1 amide bonds. The van der Waals surface area contributed by atoms with Crippen molar-refractivity contribution < 1.29 is 27.5 Å². The molecule has 1 aliphatic heterocycles. The van der Waals surface area contributed by atoms with Crippen LogP contribution < -0.4 is 9.46 Å². The lowest BCUT2D eigenvalue weighted by Crippen LogP contribution is -2.35. The van der Waals surface area contributed by atoms with Crippen LogP contribution in [0.4, 0.5) is 0 Å². The molecule has 1 aliphatic carbocycles. The van der Waals surface area contributed by atoms with Crippen LogP contribution in [0.2, 0.25) is 0 Å². The third kappa shape index (κ3) is 5.53. The average molecular weight is 554 g/mol. The molecule has 0 spiro atoms. The third-order valence-corrected chi connectivity index (χ3v) is 8.99. The Morgan fingerprint density at radius 1 is 1.03 bits per heavy atom. The fraction of sp³-hybridized carbons (Fsp3) is 0.448. The zero-order valence-corrected chi connectivity index (χ0v) is 23.5. The Kier molecular flexibility index (Phi) is 7.68. The summed E-state index contributed by atoms with van der Waals surface area (Å²) in [7, 11) is 0.682. The molecular weight excluding hydrogens is 518 g/mol. The molecule has 0 radical (unpaired) electrons. The lowest BCUT2D eigenvalue weighted by molar-refractivity contribution is -0.137. The van der Waals surface area contributed by atoms with Crippen LogP contribution in [0.25, 0.3) is 22.2 Å². The average Bonchev–Trinajstić information content (AvgIpc) is 3.23. The number of carbonyl (C=O) groups is 2. The van der Waals surface area contributed by atoms with E-state index in [1.807, 2.05) is 16.9 Å². The van der Waals surface area contributed by atoms with Crippen LogP contribution in [0.15, 0.2) is 36.4 Å². The number of esters is 1. The van der Waals surface area contributed by atoms with E-state index in [2.05, 4.69) is 33.4 Å². The van der Waals surface area contributed by atoms with Gasteiger partial charge in [-0.1, -0.05) is 25.3 Å². The highest BCUT2D eigenvalue weighted by molar-refractivity contribution is 7.90. The highest BCUT2D eigenvalue weighted by Crippen LogP contribution is 2.46. The first kappa shape index (κ1) is 27.2. The lowest BCUT2D eigenvalue weighted by atomic mass is 9.81. The molecule has 9 nitrogen and oxygen atoms in total. The maximum absolute atomic E-state index is 13.0. The number of rotatable bonds is 6. The van der Waals surface area contributed by atoms with Crippen LogP contribution in [0, 0.1) is 0 Å². The van der Waals surface area contributed by atoms with E-state index in [4.69, 9.17) is 4.74 Å². The van der Waals surface area contributed by atoms with E-state index < -0.39 is 27.7 Å². The topological polar surface area (TPSA) is 107 Å². The molecule has 39 heavy (non-hydrogen) atoms. The summed E-state index contributed by atoms with van der Waals surface area (Å²) >= 11 is 0. The van der Waals surface area contributed by atoms with Gasteiger partial charge in [0.25, 0.3) is 5.91 Å². The maximum atomic E-state index is 13.0. The van der Waals surface area contributed by atoms with Gasteiger partial charge in [0.15, 0.2) is 5.75 Å². The normalized spacial score (nSPS) is 16.6. The first-order valence-electron chi connectivity index (χ1n) is 13.3. The molecule has 2 aliphatic rings. The second-order valence-electron chi connectivity index (χ2n) is 10.5. The highest BCUT2D eigenvalue weighted by atomic mass is 32.2. The molecule has 1 fully saturated rings. The quantitative estimate of drug-likeness (QED) is 0.459. The van der Waals surface area contributed by atoms with Crippen LogP contribution in [0.5, 0.6) is 5.75 Å². The van der Waals surface area contributed by atoms with Crippen LogP contribution in [-0.4, -0.2) is 63.3 Å². The zero-order valence-electron chi connectivity index (χ0n) is 22.7. The summed E-state index contributed by atoms with van der Waals surface area (Å²) in [5.74, 6) is -1.41. The molecule has 1 saturated carbocycles. The molecule has 10 heteroatoms. The first-order chi connectivity index (χ1) is 18.7. The Morgan fingerprint density at radius 2 is 1.79 bits per heavy atom. The van der Waals surface area contributed by atoms with Gasteiger partial charge in [0.05, 0.1) is 19.9 Å². The van der Waals surface area contributed by atoms with Gasteiger partial charge < -0.3 is 18.9 Å². The number of benzene rings is 2. The molecule has 3 aromatic rings. The van der Waals surface area contributed by atoms with Gasteiger partial charge in [-0.15, -0.1) is 0 Å². The molecule has 0 bridgehead atoms. The van der Waals surface area contributed by atoms with Crippen LogP contribution >= 0.6 is 0 Å². The summed E-state index contributed by atoms with van der Waals surface area (Å²) in [6, 6.07) is 11.6. The number of sulfonamides is 1. The molecule has 1 aromatic heterocycles. The third-order valence-electron chi connectivity index (χ3n) is 7.88. The second-order valence-corrected chi connectivity index (χ2v) is 12.2. The molecule has 0 saturated heterocycles. The predicted molar refractivity (Wildman–Crippen MR) is 149 cm³/mol. The minimum absolute atomic E-state index is 0.219. The summed E-state index contributed by atoms with van der Waals surface area (Å²) in [6.07, 6.45) is 5.85. The monoisotopic (exact) mass is 553 g/mol. The summed E-state index contributed by atoms with van der Waals surface area (Å²) in [6.45, 7) is 2.33. The van der Waals surface area contributed by atoms with E-state index >= 15 is 0 Å². The fourth-order valence-corrected chi connectivity index (χ4v) is 6.90. The molecule has 5 rings (SSSR count). The number of fused-ring (bicyclic) bond motifs is 5. The lowest BCUT2D eigenvalue weighted by Gasteiger charge is -2.28. The van der Waals surface area contributed by atoms with Crippen molar-refractivity contribution >= 4 is 32.8 Å². The van der Waals surface area contributed by atoms with E-state index in [1.54, 1.807) is 19.2 Å². The second kappa shape index (κ2) is 11.0. The van der Waals surface area contributed by atoms with Gasteiger partial charge in [-0.2, -0.15) is 0 Å². The molecule has 1 N–H and O–H groups in total. The van der Waals surface area contributed by atoms with E-state index in [0.29, 0.717) is 5.92 Å². The van der Waals surface area contributed by atoms with Crippen LogP contribution in [0.1, 0.15) is 59.5 Å². The Balaban J connectivity index is 1.67. The summed E-state index contributed by atoms with van der Waals surface area (Å²) in [5.41, 5.74) is 5.96. The van der Waals surface area contributed by atoms with Gasteiger partial charge in [-0.05, 0) is 67.3 Å². The molecular formula is C29H35N3O6S. The van der Waals surface area contributed by atoms with Crippen molar-refractivity contribution in [3.63, 3.8) is 0 Å². The van der Waals surface area contributed by atoms with E-state index in [1.165, 1.54) is 36.1 Å². The van der Waals surface area contributed by atoms with Gasteiger partial charge >= 0.3 is 5.97 Å². The molecule has 2 aromatic carbocycles. The standard InChI is InChI=1S/C29H35N3O6S/c1-31-13-14-32-25-16-20(29(34)30-39(35,36)18-26(33)38-3)9-11-24(25)27(19-7-5-4-6-8-19)28(32)23-12-10-22(37-2)15-21(23)17-31/h9-12,15-16,19H,4-8,13-14,17-18H2,1-3H3,(H,30,34). The van der Waals surface area contributed by atoms with Gasteiger partial charge in [-0.25, -0.2) is 13.1 Å². The number of hydrogen-bond acceptors (Lipinski definition) is 7. The maximum Gasteiger partial charge on any atom is 0.322 e. The van der Waals surface area contributed by atoms with Crippen LogP contribution in [0.3, 0.4) is 0 Å². The van der Waals surface area contributed by atoms with E-state index in [0.717, 1.165) is 61.8 Å². The van der Waals surface area contributed by atoms with E-state index in [9.17, 15) is 18.0 Å². The number of nitrogens with zero attached hydrogens (tertiary/aromatic N) is 2. The zero-order chi connectivity index (χ0) is 27.7. The van der Waals surface area contributed by atoms with Gasteiger partial charge in [0, 0.05) is 41.7 Å². The van der Waals surface area contributed by atoms with Gasteiger partial charge in [0.2, 0.25) is 10.0 Å². The van der Waals surface area contributed by atoms with Crippen molar-refractivity contribution in [2.45, 2.75) is 51.1 Å². The van der Waals surface area contributed by atoms with Crippen molar-refractivity contribution in [2.24, 2.45) is 0 Å². The number of ether oxygens (including phenoxy) is 2. The summed E-state index contributed by atoms with van der Waals surface area (Å²) in [5, 5.41) is 1.09. The van der Waals surface area contributed by atoms with Crippen molar-refractivity contribution in [3.05, 3.63) is 53.1 Å². The van der Waals surface area contributed by atoms with Crippen molar-refractivity contribution in [1.29, 1.82) is 0 Å². The van der Waals surface area contributed by atoms with Gasteiger partial charge in [-0.3, -0.25) is 9.59 Å². The Labute approximate surface area is 229 Å². The molecule has 2 heterocycles. The number of hydrogen-bond donors (Lipinski definition) is 1. The number of amides is 1. The minimum Gasteiger partial charge on any atom is -0.497 e. The predicted octanol–water partition coefficient (Wildman–Crippen LogP) is 4.04. The largest absolute Gasteiger partial charge is 0.497 e. The number of nitrogens with one attached hydrogen (secondary N) is 1. The van der Waals surface area contributed by atoms with Crippen LogP contribution in [-0.2, 0) is 32.6 Å². The molecule has 208 valence electrons. The Bertz CT molecular complexity index is 1520. The van der Waals surface area contributed by atoms with Crippen molar-refractivity contribution in [2.75, 3.05) is 33.6 Å². The van der Waals surface area contributed by atoms with Gasteiger partial charge in [0.1, 0.15) is 5.75 Å². The summed E-state index contributed by atoms with van der Waals surface area (Å²) < 4.78 is 39.0. The first-order valence-corrected chi connectivity index (χ1v) is 15.0. The number of methoxy groups -OCH3 is 2. The molecule has 0 atom stereocenters. The van der Waals surface area contributed by atoms with Crippen molar-refractivity contribution in [3.8, 4) is 17.0 Å². The number of carbonyl (C=O) groups excluding carboxylic acids is 2. The summed E-state index contributed by atoms with van der Waals surface area (Å²) in [4.78, 5) is 26.8. The fourth-order valence-electron chi connectivity index (χ4n) is 5.99.